The van der Waals surface area contributed by atoms with Gasteiger partial charge in [0.05, 0.1) is 12.2 Å². The zero-order chi connectivity index (χ0) is 24.7. The highest BCUT2D eigenvalue weighted by atomic mass is 16.2. The van der Waals surface area contributed by atoms with Crippen molar-refractivity contribution in [3.8, 4) is 0 Å². The van der Waals surface area contributed by atoms with Crippen LogP contribution < -0.4 is 5.73 Å². The molecule has 0 bridgehead atoms. The fraction of sp³-hybridized carbons (Fsp3) is 0.640. The maximum atomic E-state index is 13.9. The van der Waals surface area contributed by atoms with E-state index in [0.717, 1.165) is 56.0 Å². The number of nitrogens with two attached hydrogens (primary N) is 1. The summed E-state index contributed by atoms with van der Waals surface area (Å²) in [5, 5.41) is 0. The normalized spacial score (nSPS) is 30.6. The van der Waals surface area contributed by atoms with E-state index in [4.69, 9.17) is 15.7 Å². The first-order chi connectivity index (χ1) is 16.9. The highest BCUT2D eigenvalue weighted by Crippen LogP contribution is 2.31. The lowest BCUT2D eigenvalue weighted by Gasteiger charge is -2.42. The Balaban J connectivity index is 1.42. The average molecular weight is 481 g/mol. The van der Waals surface area contributed by atoms with E-state index in [2.05, 4.69) is 27.8 Å². The van der Waals surface area contributed by atoms with Crippen LogP contribution in [0.15, 0.2) is 38.9 Å². The van der Waals surface area contributed by atoms with Crippen LogP contribution in [0.2, 0.25) is 0 Å². The molecule has 0 saturated carbocycles. The van der Waals surface area contributed by atoms with Crippen molar-refractivity contribution < 1.29 is 9.59 Å². The molecule has 3 amide bonds. The van der Waals surface area contributed by atoms with Crippen molar-refractivity contribution in [1.82, 2.24) is 19.6 Å². The lowest BCUT2D eigenvalue weighted by molar-refractivity contribution is -0.136. The second-order valence-electron chi connectivity index (χ2n) is 10.1. The number of urea groups is 1. The van der Waals surface area contributed by atoms with Crippen LogP contribution in [0.25, 0.3) is 0 Å². The number of likely N-dealkylation sites (tertiary alicyclic amines) is 1. The lowest BCUT2D eigenvalue weighted by atomic mass is 9.92. The summed E-state index contributed by atoms with van der Waals surface area (Å²) in [7, 11) is 1.73. The van der Waals surface area contributed by atoms with E-state index in [9.17, 15) is 9.59 Å². The first kappa shape index (κ1) is 23.7. The molecule has 0 aromatic carbocycles. The number of likely N-dealkylation sites (N-methyl/N-ethyl adjacent to an activating group) is 1. The minimum Gasteiger partial charge on any atom is -0.341 e. The van der Waals surface area contributed by atoms with Crippen molar-refractivity contribution in [2.24, 2.45) is 26.6 Å². The average Bonchev–Trinajstić information content (AvgIpc) is 3.24. The third-order valence-electron chi connectivity index (χ3n) is 7.56. The summed E-state index contributed by atoms with van der Waals surface area (Å²) in [5.74, 6) is 1.23. The van der Waals surface area contributed by atoms with Gasteiger partial charge in [-0.15, -0.1) is 0 Å². The molecule has 0 aromatic rings. The number of nitrogens with zero attached hydrogens (tertiary/aromatic N) is 7. The third-order valence-corrected chi connectivity index (χ3v) is 7.56. The molecule has 0 radical (unpaired) electrons. The summed E-state index contributed by atoms with van der Waals surface area (Å²) in [4.78, 5) is 48.7. The molecule has 0 aromatic heterocycles. The number of aliphatic imine (C=N–C) groups is 3. The Hall–Kier alpha value is -3.01. The van der Waals surface area contributed by atoms with Gasteiger partial charge in [-0.25, -0.2) is 19.8 Å². The number of unbranched alkanes of at least 4 members (excludes halogenated alkanes) is 1. The van der Waals surface area contributed by atoms with E-state index in [1.54, 1.807) is 11.9 Å². The van der Waals surface area contributed by atoms with Gasteiger partial charge in [-0.3, -0.25) is 9.69 Å². The molecule has 4 atom stereocenters. The number of carbonyl (C=O) groups is 2. The number of imide groups is 1. The summed E-state index contributed by atoms with van der Waals surface area (Å²) >= 11 is 0. The Morgan fingerprint density at radius 2 is 2.06 bits per heavy atom. The summed E-state index contributed by atoms with van der Waals surface area (Å²) in [6.07, 6.45) is 10.4. The van der Waals surface area contributed by atoms with Crippen LogP contribution in [0.5, 0.6) is 0 Å². The SMILES string of the molecule is CCCCN1C(N2CCCC(N)C2)=NC2C1C(=O)N(CC1=NC3=CC=CCC3C(C)=N1)C(=O)N2C. The fourth-order valence-corrected chi connectivity index (χ4v) is 5.62. The van der Waals surface area contributed by atoms with Gasteiger partial charge in [-0.05, 0) is 38.7 Å². The Kier molecular flexibility index (Phi) is 6.48. The molecule has 35 heavy (non-hydrogen) atoms. The van der Waals surface area contributed by atoms with Crippen LogP contribution >= 0.6 is 0 Å². The number of carbonyl (C=O) groups excluding carboxylic acids is 2. The highest BCUT2D eigenvalue weighted by molar-refractivity contribution is 6.09. The van der Waals surface area contributed by atoms with Crippen LogP contribution in [0, 0.1) is 5.92 Å². The molecule has 2 fully saturated rings. The van der Waals surface area contributed by atoms with E-state index in [1.807, 2.05) is 19.1 Å². The van der Waals surface area contributed by atoms with Crippen molar-refractivity contribution >= 4 is 29.4 Å². The summed E-state index contributed by atoms with van der Waals surface area (Å²) in [6, 6.07) is -0.815. The highest BCUT2D eigenvalue weighted by Gasteiger charge is 2.53. The number of fused-ring (bicyclic) bond motifs is 2. The molecule has 4 heterocycles. The number of piperidine rings is 1. The minimum absolute atomic E-state index is 0.0574. The van der Waals surface area contributed by atoms with Crippen molar-refractivity contribution in [1.29, 1.82) is 0 Å². The van der Waals surface area contributed by atoms with Gasteiger partial charge in [0.1, 0.15) is 5.84 Å². The molecule has 2 N–H and O–H groups in total. The number of amidine groups is 1. The van der Waals surface area contributed by atoms with E-state index in [0.29, 0.717) is 18.9 Å². The molecular formula is C25H36N8O2. The second kappa shape index (κ2) is 9.56. The first-order valence-electron chi connectivity index (χ1n) is 12.8. The minimum atomic E-state index is -0.545. The number of rotatable bonds is 5. The molecule has 5 rings (SSSR count). The predicted octanol–water partition coefficient (Wildman–Crippen LogP) is 1.80. The van der Waals surface area contributed by atoms with E-state index in [-0.39, 0.29) is 30.4 Å². The van der Waals surface area contributed by atoms with Gasteiger partial charge in [0.2, 0.25) is 0 Å². The van der Waals surface area contributed by atoms with E-state index >= 15 is 0 Å². The molecular weight excluding hydrogens is 444 g/mol. The molecule has 10 nitrogen and oxygen atoms in total. The van der Waals surface area contributed by atoms with Gasteiger partial charge < -0.3 is 20.4 Å². The third kappa shape index (κ3) is 4.28. The van der Waals surface area contributed by atoms with Gasteiger partial charge in [0.25, 0.3) is 5.91 Å². The largest absolute Gasteiger partial charge is 0.341 e. The van der Waals surface area contributed by atoms with Crippen molar-refractivity contribution in [2.75, 3.05) is 33.2 Å². The standard InChI is InChI=1S/C25H36N8O2/c1-4-5-13-32-21-22(29-24(32)31-12-8-9-17(26)14-31)30(3)25(35)33(23(21)34)15-20-27-16(2)18-10-6-7-11-19(18)28-20/h6-7,11,17-18,21-22H,4-5,8-10,12-15,26H2,1-3H3. The van der Waals surface area contributed by atoms with Gasteiger partial charge in [-0.1, -0.05) is 25.5 Å². The number of hydrogen-bond acceptors (Lipinski definition) is 8. The van der Waals surface area contributed by atoms with Gasteiger partial charge in [0, 0.05) is 44.4 Å². The van der Waals surface area contributed by atoms with Crippen LogP contribution in [0.4, 0.5) is 4.79 Å². The number of hydrogen-bond donors (Lipinski definition) is 1. The first-order valence-corrected chi connectivity index (χ1v) is 12.8. The Morgan fingerprint density at radius 3 is 2.83 bits per heavy atom. The van der Waals surface area contributed by atoms with Gasteiger partial charge in [0.15, 0.2) is 18.2 Å². The molecule has 1 aliphatic carbocycles. The monoisotopic (exact) mass is 480 g/mol. The molecule has 5 aliphatic rings. The topological polar surface area (TPSA) is 110 Å². The fourth-order valence-electron chi connectivity index (χ4n) is 5.62. The summed E-state index contributed by atoms with van der Waals surface area (Å²) in [6.45, 7) is 6.47. The van der Waals surface area contributed by atoms with Gasteiger partial charge >= 0.3 is 6.03 Å². The number of allylic oxidation sites excluding steroid dienone is 4. The number of guanidine groups is 1. The molecule has 2 saturated heterocycles. The maximum Gasteiger partial charge on any atom is 0.328 e. The van der Waals surface area contributed by atoms with Crippen molar-refractivity contribution in [3.05, 3.63) is 23.9 Å². The molecule has 188 valence electrons. The Morgan fingerprint density at radius 1 is 1.23 bits per heavy atom. The van der Waals surface area contributed by atoms with E-state index < -0.39 is 12.2 Å². The molecule has 0 spiro atoms. The Labute approximate surface area is 206 Å². The smallest absolute Gasteiger partial charge is 0.328 e. The predicted molar refractivity (Wildman–Crippen MR) is 136 cm³/mol. The van der Waals surface area contributed by atoms with Crippen molar-refractivity contribution in [2.45, 2.75) is 64.2 Å². The Bertz CT molecular complexity index is 1040. The van der Waals surface area contributed by atoms with Gasteiger partial charge in [-0.2, -0.15) is 0 Å². The van der Waals surface area contributed by atoms with Crippen LogP contribution in [0.3, 0.4) is 0 Å². The molecule has 4 aliphatic heterocycles. The molecule has 10 heteroatoms. The van der Waals surface area contributed by atoms with Crippen LogP contribution in [-0.4, -0.2) is 101 Å². The van der Waals surface area contributed by atoms with Crippen LogP contribution in [-0.2, 0) is 4.79 Å². The quantitative estimate of drug-likeness (QED) is 0.645. The molecule has 4 unspecified atom stereocenters. The number of amides is 3. The second-order valence-corrected chi connectivity index (χ2v) is 10.1. The van der Waals surface area contributed by atoms with E-state index in [1.165, 1.54) is 4.90 Å². The zero-order valence-electron chi connectivity index (χ0n) is 20.9. The summed E-state index contributed by atoms with van der Waals surface area (Å²) < 4.78 is 0. The van der Waals surface area contributed by atoms with Crippen molar-refractivity contribution in [3.63, 3.8) is 0 Å². The lowest BCUT2D eigenvalue weighted by Crippen LogP contribution is -2.66. The summed E-state index contributed by atoms with van der Waals surface area (Å²) in [5.41, 5.74) is 8.16. The zero-order valence-corrected chi connectivity index (χ0v) is 20.9. The maximum absolute atomic E-state index is 13.9. The van der Waals surface area contributed by atoms with Crippen LogP contribution in [0.1, 0.15) is 46.0 Å².